The van der Waals surface area contributed by atoms with Gasteiger partial charge >= 0.3 is 0 Å². The normalized spacial score (nSPS) is 26.4. The van der Waals surface area contributed by atoms with Crippen LogP contribution in [0.25, 0.3) is 0 Å². The van der Waals surface area contributed by atoms with Gasteiger partial charge in [-0.1, -0.05) is 51.7 Å². The van der Waals surface area contributed by atoms with Gasteiger partial charge in [0.25, 0.3) is 0 Å². The van der Waals surface area contributed by atoms with Crippen molar-refractivity contribution < 1.29 is 0 Å². The molecule has 0 fully saturated rings. The third-order valence-electron chi connectivity index (χ3n) is 4.49. The molecule has 0 spiro atoms. The first-order valence-corrected chi connectivity index (χ1v) is 8.23. The van der Waals surface area contributed by atoms with E-state index in [1.807, 2.05) is 6.20 Å². The minimum absolute atomic E-state index is 0.466. The van der Waals surface area contributed by atoms with E-state index in [-0.39, 0.29) is 0 Å². The molecular formula is C18H30N2. The Balaban J connectivity index is 2.02. The van der Waals surface area contributed by atoms with E-state index in [9.17, 15) is 0 Å². The van der Waals surface area contributed by atoms with Gasteiger partial charge in [0.2, 0.25) is 0 Å². The van der Waals surface area contributed by atoms with Crippen molar-refractivity contribution in [3.8, 4) is 0 Å². The van der Waals surface area contributed by atoms with Crippen molar-refractivity contribution in [2.24, 2.45) is 5.41 Å². The Hall–Kier alpha value is -1.05. The first-order valence-electron chi connectivity index (χ1n) is 8.23. The summed E-state index contributed by atoms with van der Waals surface area (Å²) in [5.41, 5.74) is 1.73. The summed E-state index contributed by atoms with van der Waals surface area (Å²) < 4.78 is 2.18. The fourth-order valence-electron chi connectivity index (χ4n) is 3.09. The molecule has 2 heteroatoms. The van der Waals surface area contributed by atoms with Crippen LogP contribution in [0.2, 0.25) is 0 Å². The highest BCUT2D eigenvalue weighted by atomic mass is 15.3. The van der Waals surface area contributed by atoms with Crippen LogP contribution in [0.1, 0.15) is 76.8 Å². The molecule has 1 heterocycles. The second-order valence-electron chi connectivity index (χ2n) is 7.18. The van der Waals surface area contributed by atoms with Gasteiger partial charge in [0.1, 0.15) is 0 Å². The van der Waals surface area contributed by atoms with E-state index in [0.29, 0.717) is 11.5 Å². The van der Waals surface area contributed by atoms with Crippen molar-refractivity contribution in [2.45, 2.75) is 78.2 Å². The minimum Gasteiger partial charge on any atom is -0.269 e. The molecule has 1 aromatic rings. The molecule has 0 saturated carbocycles. The first kappa shape index (κ1) is 15.3. The van der Waals surface area contributed by atoms with Crippen LogP contribution in [0.4, 0.5) is 0 Å². The number of hydrogen-bond acceptors (Lipinski definition) is 1. The van der Waals surface area contributed by atoms with Crippen LogP contribution in [0, 0.1) is 12.3 Å². The highest BCUT2D eigenvalue weighted by Gasteiger charge is 2.16. The van der Waals surface area contributed by atoms with Gasteiger partial charge in [0, 0.05) is 6.20 Å². The van der Waals surface area contributed by atoms with Crippen molar-refractivity contribution in [1.29, 1.82) is 0 Å². The smallest absolute Gasteiger partial charge is 0.0553 e. The van der Waals surface area contributed by atoms with Crippen LogP contribution in [-0.4, -0.2) is 9.78 Å². The summed E-state index contributed by atoms with van der Waals surface area (Å²) >= 11 is 0. The highest BCUT2D eigenvalue weighted by molar-refractivity contribution is 5.01. The fraction of sp³-hybridized carbons (Fsp3) is 0.722. The molecule has 1 aromatic heterocycles. The monoisotopic (exact) mass is 274 g/mol. The Morgan fingerprint density at radius 3 is 2.70 bits per heavy atom. The van der Waals surface area contributed by atoms with Crippen LogP contribution in [0.15, 0.2) is 24.5 Å². The third kappa shape index (κ3) is 4.81. The van der Waals surface area contributed by atoms with Crippen LogP contribution < -0.4 is 0 Å². The summed E-state index contributed by atoms with van der Waals surface area (Å²) in [5, 5.41) is 4.52. The van der Waals surface area contributed by atoms with E-state index in [4.69, 9.17) is 0 Å². The van der Waals surface area contributed by atoms with E-state index in [1.165, 1.54) is 50.5 Å². The number of nitrogens with zero attached hydrogens (tertiary/aromatic N) is 2. The van der Waals surface area contributed by atoms with Gasteiger partial charge in [-0.15, -0.1) is 0 Å². The molecule has 2 nitrogen and oxygen atoms in total. The number of aromatic nitrogens is 2. The van der Waals surface area contributed by atoms with Crippen LogP contribution in [-0.2, 0) is 0 Å². The Morgan fingerprint density at radius 1 is 1.15 bits per heavy atom. The maximum Gasteiger partial charge on any atom is 0.0553 e. The van der Waals surface area contributed by atoms with Gasteiger partial charge in [0.15, 0.2) is 0 Å². The zero-order valence-corrected chi connectivity index (χ0v) is 13.4. The predicted molar refractivity (Wildman–Crippen MR) is 85.9 cm³/mol. The highest BCUT2D eigenvalue weighted by Crippen LogP contribution is 2.30. The molecule has 0 bridgehead atoms. The lowest BCUT2D eigenvalue weighted by Gasteiger charge is -2.24. The molecule has 20 heavy (non-hydrogen) atoms. The molecule has 0 radical (unpaired) electrons. The van der Waals surface area contributed by atoms with Crippen molar-refractivity contribution in [2.75, 3.05) is 0 Å². The van der Waals surface area contributed by atoms with E-state index in [0.717, 1.165) is 6.42 Å². The van der Waals surface area contributed by atoms with Crippen LogP contribution >= 0.6 is 0 Å². The van der Waals surface area contributed by atoms with Gasteiger partial charge in [0.05, 0.1) is 12.2 Å². The van der Waals surface area contributed by atoms with E-state index in [1.54, 1.807) is 0 Å². The predicted octanol–water partition coefficient (Wildman–Crippen LogP) is 5.45. The summed E-state index contributed by atoms with van der Waals surface area (Å²) in [7, 11) is 0. The molecule has 1 aliphatic rings. The van der Waals surface area contributed by atoms with Crippen LogP contribution in [0.5, 0.6) is 0 Å². The lowest BCUT2D eigenvalue weighted by molar-refractivity contribution is 0.317. The quantitative estimate of drug-likeness (QED) is 0.623. The van der Waals surface area contributed by atoms with E-state index >= 15 is 0 Å². The van der Waals surface area contributed by atoms with E-state index < -0.39 is 0 Å². The first-order chi connectivity index (χ1) is 9.57. The lowest BCUT2D eigenvalue weighted by atomic mass is 9.83. The van der Waals surface area contributed by atoms with Gasteiger partial charge in [-0.2, -0.15) is 5.10 Å². The Labute approximate surface area is 124 Å². The van der Waals surface area contributed by atoms with Crippen molar-refractivity contribution in [1.82, 2.24) is 9.78 Å². The summed E-state index contributed by atoms with van der Waals surface area (Å²) in [6, 6.07) is 0.544. The van der Waals surface area contributed by atoms with Gasteiger partial charge in [-0.3, -0.25) is 4.68 Å². The second-order valence-corrected chi connectivity index (χ2v) is 7.18. The molecule has 112 valence electrons. The summed E-state index contributed by atoms with van der Waals surface area (Å²) in [6.07, 6.45) is 19.4. The average Bonchev–Trinajstić information content (AvgIpc) is 2.80. The zero-order valence-electron chi connectivity index (χ0n) is 13.4. The molecule has 0 amide bonds. The summed E-state index contributed by atoms with van der Waals surface area (Å²) in [6.45, 7) is 6.92. The van der Waals surface area contributed by atoms with Crippen LogP contribution in [0.3, 0.4) is 0 Å². The SMILES string of the molecule is Cc1cnn(C2C/C=C\CC(C)(C)CCCCCC2)c1. The van der Waals surface area contributed by atoms with E-state index in [2.05, 4.69) is 48.9 Å². The van der Waals surface area contributed by atoms with Crippen molar-refractivity contribution >= 4 is 0 Å². The topological polar surface area (TPSA) is 17.8 Å². The average molecular weight is 274 g/mol. The van der Waals surface area contributed by atoms with Gasteiger partial charge < -0.3 is 0 Å². The Morgan fingerprint density at radius 2 is 1.95 bits per heavy atom. The molecule has 0 aliphatic heterocycles. The number of aryl methyl sites for hydroxylation is 1. The number of allylic oxidation sites excluding steroid dienone is 2. The molecular weight excluding hydrogens is 244 g/mol. The Kier molecular flexibility index (Phi) is 5.45. The van der Waals surface area contributed by atoms with Gasteiger partial charge in [-0.25, -0.2) is 0 Å². The molecule has 1 aliphatic carbocycles. The maximum absolute atomic E-state index is 4.52. The number of hydrogen-bond donors (Lipinski definition) is 0. The maximum atomic E-state index is 4.52. The molecule has 2 rings (SSSR count). The minimum atomic E-state index is 0.466. The summed E-state index contributed by atoms with van der Waals surface area (Å²) in [4.78, 5) is 0. The fourth-order valence-corrected chi connectivity index (χ4v) is 3.09. The molecule has 1 unspecified atom stereocenters. The molecule has 1 atom stereocenters. The standard InChI is InChI=1S/C18H30N2/c1-16-14-19-20(15-16)17-10-6-4-5-8-12-18(2,3)13-9-7-11-17/h7,9,14-15,17H,4-6,8,10-13H2,1-3H3/b9-7-. The molecule has 0 saturated heterocycles. The molecule has 0 N–H and O–H groups in total. The number of rotatable bonds is 1. The Bertz CT molecular complexity index is 428. The van der Waals surface area contributed by atoms with Crippen molar-refractivity contribution in [3.63, 3.8) is 0 Å². The van der Waals surface area contributed by atoms with Gasteiger partial charge in [-0.05, 0) is 43.6 Å². The summed E-state index contributed by atoms with van der Waals surface area (Å²) in [5.74, 6) is 0. The molecule has 0 aromatic carbocycles. The largest absolute Gasteiger partial charge is 0.269 e. The third-order valence-corrected chi connectivity index (χ3v) is 4.49. The lowest BCUT2D eigenvalue weighted by Crippen LogP contribution is -2.12. The zero-order chi connectivity index (χ0) is 14.4. The van der Waals surface area contributed by atoms with Crippen molar-refractivity contribution in [3.05, 3.63) is 30.1 Å². The second kappa shape index (κ2) is 7.10.